The highest BCUT2D eigenvalue weighted by Crippen LogP contribution is 2.34. The van der Waals surface area contributed by atoms with Crippen molar-refractivity contribution in [3.63, 3.8) is 0 Å². The molecule has 3 heterocycles. The topological polar surface area (TPSA) is 58.1 Å². The van der Waals surface area contributed by atoms with Gasteiger partial charge in [0.05, 0.1) is 5.75 Å². The maximum atomic E-state index is 12.2. The number of hydrogen-bond acceptors (Lipinski definition) is 6. The Labute approximate surface area is 132 Å². The summed E-state index contributed by atoms with van der Waals surface area (Å²) < 4.78 is 0. The average Bonchev–Trinajstić information content (AvgIpc) is 2.81. The molecule has 21 heavy (non-hydrogen) atoms. The molecule has 1 N–H and O–H groups in total. The molecule has 0 bridgehead atoms. The Hall–Kier alpha value is -1.18. The van der Waals surface area contributed by atoms with E-state index in [-0.39, 0.29) is 5.91 Å². The standard InChI is InChI=1S/C14H18N4OS2/c1-9-10(2)21-14-12(9)13(16-8-17-14)20-7-11(19)18-5-3-15-4-6-18/h8,15H,3-7H2,1-2H3. The lowest BCUT2D eigenvalue weighted by atomic mass is 10.2. The molecule has 0 aromatic carbocycles. The van der Waals surface area contributed by atoms with Crippen LogP contribution in [0.5, 0.6) is 0 Å². The van der Waals surface area contributed by atoms with Crippen molar-refractivity contribution in [2.45, 2.75) is 18.9 Å². The first kappa shape index (κ1) is 14.7. The zero-order valence-corrected chi connectivity index (χ0v) is 13.8. The molecule has 112 valence electrons. The quantitative estimate of drug-likeness (QED) is 0.690. The Morgan fingerprint density at radius 1 is 1.38 bits per heavy atom. The third-order valence-electron chi connectivity index (χ3n) is 3.73. The SMILES string of the molecule is Cc1sc2ncnc(SCC(=O)N3CCNCC3)c2c1C. The van der Waals surface area contributed by atoms with Crippen molar-refractivity contribution < 1.29 is 4.79 Å². The van der Waals surface area contributed by atoms with Gasteiger partial charge in [-0.3, -0.25) is 4.79 Å². The van der Waals surface area contributed by atoms with Gasteiger partial charge in [-0.1, -0.05) is 11.8 Å². The van der Waals surface area contributed by atoms with Crippen molar-refractivity contribution in [3.05, 3.63) is 16.8 Å². The fourth-order valence-electron chi connectivity index (χ4n) is 2.40. The van der Waals surface area contributed by atoms with E-state index in [1.807, 2.05) is 4.90 Å². The minimum absolute atomic E-state index is 0.192. The minimum Gasteiger partial charge on any atom is -0.339 e. The van der Waals surface area contributed by atoms with Crippen LogP contribution < -0.4 is 5.32 Å². The molecule has 0 radical (unpaired) electrons. The molecule has 1 fully saturated rings. The number of aromatic nitrogens is 2. The maximum Gasteiger partial charge on any atom is 0.233 e. The second-order valence-electron chi connectivity index (χ2n) is 5.06. The van der Waals surface area contributed by atoms with Crippen molar-refractivity contribution in [2.75, 3.05) is 31.9 Å². The summed E-state index contributed by atoms with van der Waals surface area (Å²) in [5.41, 5.74) is 1.23. The normalized spacial score (nSPS) is 15.6. The fraction of sp³-hybridized carbons (Fsp3) is 0.500. The molecule has 1 aliphatic rings. The van der Waals surface area contributed by atoms with Gasteiger partial charge in [-0.25, -0.2) is 9.97 Å². The van der Waals surface area contributed by atoms with E-state index in [0.717, 1.165) is 41.4 Å². The zero-order valence-electron chi connectivity index (χ0n) is 12.2. The molecule has 0 saturated carbocycles. The molecule has 0 atom stereocenters. The van der Waals surface area contributed by atoms with Crippen LogP contribution in [0.2, 0.25) is 0 Å². The van der Waals surface area contributed by atoms with Crippen LogP contribution in [-0.4, -0.2) is 52.7 Å². The average molecular weight is 322 g/mol. The van der Waals surface area contributed by atoms with Crippen LogP contribution >= 0.6 is 23.1 Å². The molecule has 3 rings (SSSR count). The van der Waals surface area contributed by atoms with E-state index in [0.29, 0.717) is 5.75 Å². The third-order valence-corrected chi connectivity index (χ3v) is 5.82. The number of fused-ring (bicyclic) bond motifs is 1. The molecule has 7 heteroatoms. The van der Waals surface area contributed by atoms with E-state index < -0.39 is 0 Å². The Morgan fingerprint density at radius 2 is 2.14 bits per heavy atom. The summed E-state index contributed by atoms with van der Waals surface area (Å²) in [6, 6.07) is 0. The summed E-state index contributed by atoms with van der Waals surface area (Å²) >= 11 is 3.21. The fourth-order valence-corrected chi connectivity index (χ4v) is 4.42. The largest absolute Gasteiger partial charge is 0.339 e. The van der Waals surface area contributed by atoms with Gasteiger partial charge in [0.25, 0.3) is 0 Å². The lowest BCUT2D eigenvalue weighted by molar-refractivity contribution is -0.128. The van der Waals surface area contributed by atoms with Crippen LogP contribution in [0.1, 0.15) is 10.4 Å². The van der Waals surface area contributed by atoms with Crippen LogP contribution in [0.4, 0.5) is 0 Å². The van der Waals surface area contributed by atoms with Gasteiger partial charge < -0.3 is 10.2 Å². The number of nitrogens with one attached hydrogen (secondary N) is 1. The number of carbonyl (C=O) groups is 1. The highest BCUT2D eigenvalue weighted by molar-refractivity contribution is 8.00. The summed E-state index contributed by atoms with van der Waals surface area (Å²) in [4.78, 5) is 25.1. The lowest BCUT2D eigenvalue weighted by Crippen LogP contribution is -2.47. The number of thiophene rings is 1. The first-order valence-corrected chi connectivity index (χ1v) is 8.79. The van der Waals surface area contributed by atoms with E-state index in [2.05, 4.69) is 29.1 Å². The molecule has 0 unspecified atom stereocenters. The molecular weight excluding hydrogens is 304 g/mol. The minimum atomic E-state index is 0.192. The van der Waals surface area contributed by atoms with Gasteiger partial charge >= 0.3 is 0 Å². The number of aryl methyl sites for hydroxylation is 2. The number of thioether (sulfide) groups is 1. The van der Waals surface area contributed by atoms with E-state index in [1.54, 1.807) is 17.7 Å². The molecule has 2 aromatic heterocycles. The predicted octanol–water partition coefficient (Wildman–Crippen LogP) is 1.83. The monoisotopic (exact) mass is 322 g/mol. The number of hydrogen-bond donors (Lipinski definition) is 1. The maximum absolute atomic E-state index is 12.2. The van der Waals surface area contributed by atoms with Gasteiger partial charge in [0.1, 0.15) is 16.2 Å². The predicted molar refractivity (Wildman–Crippen MR) is 87.1 cm³/mol. The molecule has 0 aliphatic carbocycles. The van der Waals surface area contributed by atoms with Crippen LogP contribution in [0.15, 0.2) is 11.4 Å². The van der Waals surface area contributed by atoms with Crippen LogP contribution in [-0.2, 0) is 4.79 Å². The van der Waals surface area contributed by atoms with E-state index in [9.17, 15) is 4.79 Å². The molecule has 5 nitrogen and oxygen atoms in total. The Bertz CT molecular complexity index is 664. The first-order chi connectivity index (χ1) is 10.2. The second-order valence-corrected chi connectivity index (χ2v) is 7.23. The summed E-state index contributed by atoms with van der Waals surface area (Å²) in [6.07, 6.45) is 1.59. The molecule has 1 aliphatic heterocycles. The van der Waals surface area contributed by atoms with Crippen molar-refractivity contribution in [1.82, 2.24) is 20.2 Å². The number of rotatable bonds is 3. The number of nitrogens with zero attached hydrogens (tertiary/aromatic N) is 3. The molecular formula is C14H18N4OS2. The summed E-state index contributed by atoms with van der Waals surface area (Å²) in [7, 11) is 0. The van der Waals surface area contributed by atoms with Gasteiger partial charge in [0, 0.05) is 36.4 Å². The van der Waals surface area contributed by atoms with Crippen molar-refractivity contribution >= 4 is 39.2 Å². The number of amides is 1. The third kappa shape index (κ3) is 3.04. The summed E-state index contributed by atoms with van der Waals surface area (Å²) in [5.74, 6) is 0.637. The Morgan fingerprint density at radius 3 is 2.90 bits per heavy atom. The zero-order chi connectivity index (χ0) is 14.8. The van der Waals surface area contributed by atoms with Crippen molar-refractivity contribution in [1.29, 1.82) is 0 Å². The van der Waals surface area contributed by atoms with Gasteiger partial charge in [-0.15, -0.1) is 11.3 Å². The van der Waals surface area contributed by atoms with Crippen LogP contribution in [0.25, 0.3) is 10.2 Å². The van der Waals surface area contributed by atoms with Gasteiger partial charge in [0.2, 0.25) is 5.91 Å². The smallest absolute Gasteiger partial charge is 0.233 e. The molecule has 0 spiro atoms. The van der Waals surface area contributed by atoms with Gasteiger partial charge in [0.15, 0.2) is 0 Å². The van der Waals surface area contributed by atoms with Gasteiger partial charge in [-0.05, 0) is 19.4 Å². The van der Waals surface area contributed by atoms with E-state index in [1.165, 1.54) is 22.2 Å². The number of piperazine rings is 1. The van der Waals surface area contributed by atoms with Crippen molar-refractivity contribution in [2.24, 2.45) is 0 Å². The molecule has 1 amide bonds. The van der Waals surface area contributed by atoms with Crippen molar-refractivity contribution in [3.8, 4) is 0 Å². The Balaban J connectivity index is 1.74. The van der Waals surface area contributed by atoms with E-state index in [4.69, 9.17) is 0 Å². The van der Waals surface area contributed by atoms with Gasteiger partial charge in [-0.2, -0.15) is 0 Å². The second kappa shape index (κ2) is 6.29. The Kier molecular flexibility index (Phi) is 4.42. The summed E-state index contributed by atoms with van der Waals surface area (Å²) in [6.45, 7) is 7.57. The van der Waals surface area contributed by atoms with Crippen LogP contribution in [0, 0.1) is 13.8 Å². The first-order valence-electron chi connectivity index (χ1n) is 6.99. The van der Waals surface area contributed by atoms with E-state index >= 15 is 0 Å². The summed E-state index contributed by atoms with van der Waals surface area (Å²) in [5, 5.41) is 5.29. The highest BCUT2D eigenvalue weighted by atomic mass is 32.2. The lowest BCUT2D eigenvalue weighted by Gasteiger charge is -2.27. The highest BCUT2D eigenvalue weighted by Gasteiger charge is 2.18. The molecule has 1 saturated heterocycles. The molecule has 2 aromatic rings. The van der Waals surface area contributed by atoms with Crippen LogP contribution in [0.3, 0.4) is 0 Å². The number of carbonyl (C=O) groups excluding carboxylic acids is 1.